The molecule has 0 aliphatic rings. The number of nitrogens with zero attached hydrogens (tertiary/aromatic N) is 2. The van der Waals surface area contributed by atoms with Crippen molar-refractivity contribution in [2.45, 2.75) is 5.75 Å². The summed E-state index contributed by atoms with van der Waals surface area (Å²) in [6, 6.07) is 9.71. The molecule has 0 amide bonds. The Balaban J connectivity index is 2.06. The molecule has 0 aliphatic carbocycles. The smallest absolute Gasteiger partial charge is 0.226 e. The second-order valence-corrected chi connectivity index (χ2v) is 4.26. The summed E-state index contributed by atoms with van der Waals surface area (Å²) in [4.78, 5) is 4.35. The molecule has 0 spiro atoms. The first-order valence-corrected chi connectivity index (χ1v) is 5.94. The zero-order valence-corrected chi connectivity index (χ0v) is 9.85. The number of thioether (sulfide) groups is 1. The predicted molar refractivity (Wildman–Crippen MR) is 69.0 cm³/mol. The molecule has 1 heterocycles. The van der Waals surface area contributed by atoms with Gasteiger partial charge in [0.25, 0.3) is 0 Å². The van der Waals surface area contributed by atoms with Gasteiger partial charge in [-0.15, -0.1) is 0 Å². The lowest BCUT2D eigenvalue weighted by Gasteiger charge is -1.94. The quantitative estimate of drug-likeness (QED) is 0.374. The van der Waals surface area contributed by atoms with Crippen LogP contribution in [0.5, 0.6) is 0 Å². The van der Waals surface area contributed by atoms with Crippen LogP contribution >= 0.6 is 11.8 Å². The fourth-order valence-electron chi connectivity index (χ4n) is 1.27. The molecule has 1 aromatic heterocycles. The summed E-state index contributed by atoms with van der Waals surface area (Å²) in [5.41, 5.74) is 7.22. The minimum atomic E-state index is 0.328. The Hall–Kier alpha value is -1.95. The number of aromatic nitrogens is 1. The maximum atomic E-state index is 5.47. The van der Waals surface area contributed by atoms with Crippen molar-refractivity contribution < 1.29 is 4.42 Å². The summed E-state index contributed by atoms with van der Waals surface area (Å²) < 4.78 is 5.38. The number of oxazole rings is 1. The highest BCUT2D eigenvalue weighted by Gasteiger charge is 2.06. The van der Waals surface area contributed by atoms with Gasteiger partial charge in [0.2, 0.25) is 5.89 Å². The van der Waals surface area contributed by atoms with Gasteiger partial charge in [-0.25, -0.2) is 4.98 Å². The van der Waals surface area contributed by atoms with Gasteiger partial charge in [0, 0.05) is 11.3 Å². The summed E-state index contributed by atoms with van der Waals surface area (Å²) in [6.45, 7) is 0. The molecule has 88 valence electrons. The first-order chi connectivity index (χ1) is 8.29. The highest BCUT2D eigenvalue weighted by Crippen LogP contribution is 2.20. The first-order valence-electron chi connectivity index (χ1n) is 4.95. The standard InChI is InChI=1S/C11H12N4OS/c12-11(15-13)17-7-9-6-16-10(14-9)8-4-2-1-3-5-8/h1-6H,7,13H2,(H2,12,15). The Morgan fingerprint density at radius 3 is 2.82 bits per heavy atom. The number of amidine groups is 1. The summed E-state index contributed by atoms with van der Waals surface area (Å²) in [5.74, 6) is 6.22. The molecule has 0 fully saturated rings. The lowest BCUT2D eigenvalue weighted by atomic mass is 10.2. The molecule has 2 rings (SSSR count). The van der Waals surface area contributed by atoms with E-state index in [1.54, 1.807) is 6.26 Å². The molecule has 0 atom stereocenters. The molecule has 4 N–H and O–H groups in total. The summed E-state index contributed by atoms with van der Waals surface area (Å²) in [5, 5.41) is 3.70. The Kier molecular flexibility index (Phi) is 3.66. The fraction of sp³-hybridized carbons (Fsp3) is 0.0909. The van der Waals surface area contributed by atoms with Crippen LogP contribution in [0.25, 0.3) is 11.5 Å². The van der Waals surface area contributed by atoms with Crippen LogP contribution in [0.4, 0.5) is 0 Å². The minimum absolute atomic E-state index is 0.328. The Morgan fingerprint density at radius 1 is 1.35 bits per heavy atom. The molecule has 6 heteroatoms. The third kappa shape index (κ3) is 3.01. The lowest BCUT2D eigenvalue weighted by molar-refractivity contribution is 0.573. The molecule has 0 saturated heterocycles. The van der Waals surface area contributed by atoms with Crippen LogP contribution in [0.1, 0.15) is 5.69 Å². The van der Waals surface area contributed by atoms with Crippen LogP contribution in [0.15, 0.2) is 46.1 Å². The summed E-state index contributed by atoms with van der Waals surface area (Å²) >= 11 is 1.32. The van der Waals surface area contributed by atoms with Crippen molar-refractivity contribution >= 4 is 16.9 Å². The molecule has 0 bridgehead atoms. The third-order valence-electron chi connectivity index (χ3n) is 2.07. The monoisotopic (exact) mass is 248 g/mol. The summed E-state index contributed by atoms with van der Waals surface area (Å²) in [6.07, 6.45) is 1.61. The van der Waals surface area contributed by atoms with E-state index in [-0.39, 0.29) is 0 Å². The minimum Gasteiger partial charge on any atom is -0.444 e. The van der Waals surface area contributed by atoms with E-state index in [1.807, 2.05) is 30.3 Å². The van der Waals surface area contributed by atoms with E-state index in [1.165, 1.54) is 11.8 Å². The van der Waals surface area contributed by atoms with E-state index in [0.717, 1.165) is 11.3 Å². The van der Waals surface area contributed by atoms with Crippen molar-refractivity contribution in [2.75, 3.05) is 0 Å². The highest BCUT2D eigenvalue weighted by atomic mass is 32.2. The molecular formula is C11H12N4OS. The van der Waals surface area contributed by atoms with Crippen LogP contribution < -0.4 is 11.6 Å². The van der Waals surface area contributed by atoms with Gasteiger partial charge in [-0.1, -0.05) is 30.0 Å². The van der Waals surface area contributed by atoms with Crippen LogP contribution in [0.3, 0.4) is 0 Å². The molecule has 0 aliphatic heterocycles. The van der Waals surface area contributed by atoms with Gasteiger partial charge in [-0.2, -0.15) is 5.10 Å². The Morgan fingerprint density at radius 2 is 2.12 bits per heavy atom. The molecule has 0 saturated carbocycles. The van der Waals surface area contributed by atoms with Crippen molar-refractivity contribution in [2.24, 2.45) is 16.7 Å². The third-order valence-corrected chi connectivity index (χ3v) is 2.91. The largest absolute Gasteiger partial charge is 0.444 e. The van der Waals surface area contributed by atoms with Crippen LogP contribution in [-0.2, 0) is 5.75 Å². The zero-order chi connectivity index (χ0) is 12.1. The maximum absolute atomic E-state index is 5.47. The van der Waals surface area contributed by atoms with Crippen molar-refractivity contribution in [3.63, 3.8) is 0 Å². The van der Waals surface area contributed by atoms with Gasteiger partial charge >= 0.3 is 0 Å². The fourth-order valence-corrected chi connectivity index (χ4v) is 1.77. The van der Waals surface area contributed by atoms with Crippen molar-refractivity contribution in [3.8, 4) is 11.5 Å². The number of nitrogens with two attached hydrogens (primary N) is 2. The van der Waals surface area contributed by atoms with E-state index >= 15 is 0 Å². The van der Waals surface area contributed by atoms with E-state index in [0.29, 0.717) is 16.8 Å². The lowest BCUT2D eigenvalue weighted by Crippen LogP contribution is -2.09. The number of benzene rings is 1. The molecule has 17 heavy (non-hydrogen) atoms. The van der Waals surface area contributed by atoms with Gasteiger partial charge in [-0.05, 0) is 12.1 Å². The normalized spacial score (nSPS) is 11.6. The molecule has 2 aromatic rings. The second kappa shape index (κ2) is 5.40. The molecule has 0 radical (unpaired) electrons. The Bertz CT molecular complexity index is 509. The zero-order valence-electron chi connectivity index (χ0n) is 9.04. The van der Waals surface area contributed by atoms with Gasteiger partial charge < -0.3 is 16.0 Å². The van der Waals surface area contributed by atoms with E-state index < -0.39 is 0 Å². The van der Waals surface area contributed by atoms with Gasteiger partial charge in [0.05, 0.1) is 5.69 Å². The molecule has 0 unspecified atom stereocenters. The van der Waals surface area contributed by atoms with Gasteiger partial charge in [0.1, 0.15) is 6.26 Å². The average molecular weight is 248 g/mol. The van der Waals surface area contributed by atoms with E-state index in [2.05, 4.69) is 10.1 Å². The van der Waals surface area contributed by atoms with Crippen LogP contribution in [0.2, 0.25) is 0 Å². The predicted octanol–water partition coefficient (Wildman–Crippen LogP) is 1.76. The van der Waals surface area contributed by atoms with Crippen molar-refractivity contribution in [1.82, 2.24) is 4.98 Å². The van der Waals surface area contributed by atoms with Gasteiger partial charge in [-0.3, -0.25) is 0 Å². The number of hydrogen-bond donors (Lipinski definition) is 2. The maximum Gasteiger partial charge on any atom is 0.226 e. The van der Waals surface area contributed by atoms with Crippen molar-refractivity contribution in [1.29, 1.82) is 0 Å². The molecular weight excluding hydrogens is 236 g/mol. The SMILES string of the molecule is NN=C(N)SCc1coc(-c2ccccc2)n1. The summed E-state index contributed by atoms with van der Waals surface area (Å²) in [7, 11) is 0. The number of hydrazone groups is 1. The highest BCUT2D eigenvalue weighted by molar-refractivity contribution is 8.13. The molecule has 1 aromatic carbocycles. The topological polar surface area (TPSA) is 90.4 Å². The second-order valence-electron chi connectivity index (χ2n) is 3.27. The van der Waals surface area contributed by atoms with E-state index in [9.17, 15) is 0 Å². The van der Waals surface area contributed by atoms with E-state index in [4.69, 9.17) is 16.0 Å². The van der Waals surface area contributed by atoms with Gasteiger partial charge in [0.15, 0.2) is 5.17 Å². The van der Waals surface area contributed by atoms with Crippen LogP contribution in [-0.4, -0.2) is 10.2 Å². The van der Waals surface area contributed by atoms with Crippen molar-refractivity contribution in [3.05, 3.63) is 42.3 Å². The number of rotatable bonds is 3. The number of hydrogen-bond acceptors (Lipinski definition) is 5. The average Bonchev–Trinajstić information content (AvgIpc) is 2.86. The first kappa shape index (κ1) is 11.5. The van der Waals surface area contributed by atoms with Crippen LogP contribution in [0, 0.1) is 0 Å². The Labute approximate surface area is 103 Å². The molecule has 5 nitrogen and oxygen atoms in total.